The zero-order chi connectivity index (χ0) is 41.3. The van der Waals surface area contributed by atoms with Gasteiger partial charge >= 0.3 is 11.5 Å². The molecule has 0 spiro atoms. The summed E-state index contributed by atoms with van der Waals surface area (Å²) >= 11 is 7.49. The van der Waals surface area contributed by atoms with E-state index in [1.165, 1.54) is 49.7 Å². The summed E-state index contributed by atoms with van der Waals surface area (Å²) in [5, 5.41) is 3.81. The highest BCUT2D eigenvalue weighted by atomic mass is 35.5. The van der Waals surface area contributed by atoms with Crippen molar-refractivity contribution in [2.24, 2.45) is 5.73 Å². The maximum atomic E-state index is 11.1. The molecule has 0 unspecified atom stereocenters. The molecule has 0 radical (unpaired) electrons. The van der Waals surface area contributed by atoms with Crippen LogP contribution in [-0.4, -0.2) is 73.2 Å². The predicted molar refractivity (Wildman–Crippen MR) is 224 cm³/mol. The maximum absolute atomic E-state index is 11.1. The van der Waals surface area contributed by atoms with Gasteiger partial charge in [0, 0.05) is 49.3 Å². The molecule has 1 saturated heterocycles. The number of ether oxygens (including phenoxy) is 7. The van der Waals surface area contributed by atoms with Gasteiger partial charge in [-0.3, -0.25) is 0 Å². The number of rotatable bonds is 13. The third-order valence-electron chi connectivity index (χ3n) is 6.44. The highest BCUT2D eigenvalue weighted by Crippen LogP contribution is 2.30. The highest BCUT2D eigenvalue weighted by Gasteiger charge is 2.07. The van der Waals surface area contributed by atoms with Gasteiger partial charge in [-0.05, 0) is 115 Å². The second-order valence-corrected chi connectivity index (χ2v) is 14.7. The third-order valence-corrected chi connectivity index (χ3v) is 8.27. The van der Waals surface area contributed by atoms with Gasteiger partial charge in [0.05, 0.1) is 36.2 Å². The molecule has 0 bridgehead atoms. The molecule has 5 rings (SSSR count). The van der Waals surface area contributed by atoms with Gasteiger partial charge in [-0.1, -0.05) is 34.8 Å². The molecule has 0 saturated carbocycles. The van der Waals surface area contributed by atoms with E-state index in [-0.39, 0.29) is 24.3 Å². The number of carbonyl (C=O) groups excluding carboxylic acids is 2. The summed E-state index contributed by atoms with van der Waals surface area (Å²) in [5.41, 5.74) is 4.90. The molecule has 1 amide bonds. The zero-order valence-electron chi connectivity index (χ0n) is 33.1. The van der Waals surface area contributed by atoms with E-state index in [0.29, 0.717) is 16.1 Å². The second kappa shape index (κ2) is 27.0. The summed E-state index contributed by atoms with van der Waals surface area (Å²) in [6.07, 6.45) is 13.5. The molecular weight excluding hydrogens is 780 g/mol. The van der Waals surface area contributed by atoms with Gasteiger partial charge in [0.15, 0.2) is 0 Å². The van der Waals surface area contributed by atoms with Crippen molar-refractivity contribution in [2.45, 2.75) is 78.7 Å². The third kappa shape index (κ3) is 22.0. The largest absolute Gasteiger partial charge is 0.491 e. The first-order valence-corrected chi connectivity index (χ1v) is 19.9. The Morgan fingerprint density at radius 3 is 1.48 bits per heavy atom. The summed E-state index contributed by atoms with van der Waals surface area (Å²) in [5.74, 6) is 3.07. The van der Waals surface area contributed by atoms with Crippen LogP contribution in [0.3, 0.4) is 0 Å². The fraction of sp³-hybridized carbons (Fsp3) is 0.400. The van der Waals surface area contributed by atoms with Gasteiger partial charge in [-0.2, -0.15) is 0 Å². The number of halogens is 1. The molecule has 1 aliphatic rings. The fourth-order valence-electron chi connectivity index (χ4n) is 4.00. The summed E-state index contributed by atoms with van der Waals surface area (Å²) in [4.78, 5) is 30.9. The van der Waals surface area contributed by atoms with Crippen molar-refractivity contribution in [3.63, 3.8) is 0 Å². The predicted octanol–water partition coefficient (Wildman–Crippen LogP) is 10.4. The van der Waals surface area contributed by atoms with Crippen molar-refractivity contribution < 1.29 is 42.7 Å². The Morgan fingerprint density at radius 1 is 0.732 bits per heavy atom. The molecule has 2 atom stereocenters. The average Bonchev–Trinajstić information content (AvgIpc) is 3.97. The van der Waals surface area contributed by atoms with Gasteiger partial charge in [-0.15, -0.1) is 0 Å². The molecule has 4 aromatic rings. The minimum atomic E-state index is -0.773. The molecule has 3 heterocycles. The lowest BCUT2D eigenvalue weighted by Crippen LogP contribution is -2.30. The van der Waals surface area contributed by atoms with Crippen LogP contribution in [0.5, 0.6) is 33.4 Å². The zero-order valence-corrected chi connectivity index (χ0v) is 35.5. The topological polar surface area (TPSA) is 163 Å². The molecule has 16 heteroatoms. The number of alkyl carbamates (subject to hydrolysis) is 1. The quantitative estimate of drug-likeness (QED) is 0.123. The van der Waals surface area contributed by atoms with E-state index in [2.05, 4.69) is 36.4 Å². The number of benzene rings is 2. The molecule has 2 aromatic heterocycles. The van der Waals surface area contributed by atoms with Gasteiger partial charge in [0.2, 0.25) is 0 Å². The number of nitrogens with zero attached hydrogens (tertiary/aromatic N) is 2. The summed E-state index contributed by atoms with van der Waals surface area (Å²) in [6.45, 7) is 13.7. The normalized spacial score (nSPS) is 13.0. The summed E-state index contributed by atoms with van der Waals surface area (Å²) in [7, 11) is 2.55. The van der Waals surface area contributed by atoms with Crippen LogP contribution >= 0.6 is 34.3 Å². The number of hydrogen-bond donors (Lipinski definition) is 2. The summed E-state index contributed by atoms with van der Waals surface area (Å²) < 4.78 is 36.0. The van der Waals surface area contributed by atoms with Crippen molar-refractivity contribution in [2.75, 3.05) is 27.4 Å². The monoisotopic (exact) mass is 832 g/mol. The molecular formula is C40H53ClN4O9S2. The molecule has 0 aliphatic carbocycles. The van der Waals surface area contributed by atoms with Crippen molar-refractivity contribution in [3.8, 4) is 33.4 Å². The Hall–Kier alpha value is -4.67. The minimum Gasteiger partial charge on any atom is -0.491 e. The minimum absolute atomic E-state index is 0.0324. The fourth-order valence-corrected chi connectivity index (χ4v) is 5.39. The smallest absolute Gasteiger partial charge is 0.407 e. The van der Waals surface area contributed by atoms with Crippen LogP contribution in [0, 0.1) is 0 Å². The first-order chi connectivity index (χ1) is 26.8. The van der Waals surface area contributed by atoms with Crippen molar-refractivity contribution in [1.82, 2.24) is 15.3 Å². The second-order valence-electron chi connectivity index (χ2n) is 12.3. The lowest BCUT2D eigenvalue weighted by molar-refractivity contribution is 0.169. The molecule has 1 aliphatic heterocycles. The number of aromatic nitrogens is 2. The van der Waals surface area contributed by atoms with Crippen LogP contribution in [0.15, 0.2) is 73.1 Å². The van der Waals surface area contributed by atoms with E-state index in [9.17, 15) is 9.59 Å². The first-order valence-electron chi connectivity index (χ1n) is 17.8. The molecule has 306 valence electrons. The van der Waals surface area contributed by atoms with Crippen LogP contribution in [0.2, 0.25) is 0 Å². The van der Waals surface area contributed by atoms with Gasteiger partial charge in [-0.25, -0.2) is 19.6 Å². The lowest BCUT2D eigenvalue weighted by Gasteiger charge is -2.09. The maximum Gasteiger partial charge on any atom is 0.407 e. The van der Waals surface area contributed by atoms with Crippen LogP contribution in [0.25, 0.3) is 12.2 Å². The molecule has 3 N–H and O–H groups in total. The number of amides is 1. The average molecular weight is 833 g/mol. The Morgan fingerprint density at radius 2 is 1.14 bits per heavy atom. The van der Waals surface area contributed by atoms with E-state index in [1.54, 1.807) is 12.4 Å². The van der Waals surface area contributed by atoms with E-state index >= 15 is 0 Å². The van der Waals surface area contributed by atoms with Gasteiger partial charge < -0.3 is 44.2 Å². The van der Waals surface area contributed by atoms with Crippen LogP contribution in [0.1, 0.15) is 64.1 Å². The molecule has 13 nitrogen and oxygen atoms in total. The van der Waals surface area contributed by atoms with Crippen molar-refractivity contribution >= 4 is 57.9 Å². The van der Waals surface area contributed by atoms with Gasteiger partial charge in [0.25, 0.3) is 10.4 Å². The van der Waals surface area contributed by atoms with Crippen LogP contribution < -0.4 is 30.0 Å². The number of methoxy groups -OCH3 is 2. The number of nitrogens with one attached hydrogen (secondary N) is 1. The van der Waals surface area contributed by atoms with Crippen molar-refractivity contribution in [3.05, 3.63) is 82.8 Å². The Bertz CT molecular complexity index is 1730. The highest BCUT2D eigenvalue weighted by molar-refractivity contribution is 7.14. The lowest BCUT2D eigenvalue weighted by atomic mass is 10.3. The Balaban J connectivity index is 0.000000312. The van der Waals surface area contributed by atoms with E-state index < -0.39 is 11.5 Å². The SMILES string of the molecule is C1CCOC1.CC(C)Oc1ccc(Oc2ncc(/C=C/[C@H](C)N)s2)cc1.COC(=O)Cl.COC(=O)N[C@@H](C)/C=C/c1cnc(Oc2ccc(OC(C)C)cc2)s1. The molecule has 56 heavy (non-hydrogen) atoms. The van der Waals surface area contributed by atoms with Gasteiger partial charge in [0.1, 0.15) is 23.0 Å². The number of thiazole rings is 2. The van der Waals surface area contributed by atoms with Crippen molar-refractivity contribution in [1.29, 1.82) is 0 Å². The number of carbonyl (C=O) groups is 2. The number of hydrogen-bond acceptors (Lipinski definition) is 14. The van der Waals surface area contributed by atoms with E-state index in [4.69, 9.17) is 29.4 Å². The van der Waals surface area contributed by atoms with E-state index in [0.717, 1.165) is 40.2 Å². The first kappa shape index (κ1) is 47.5. The number of nitrogens with two attached hydrogens (primary N) is 1. The molecule has 1 fully saturated rings. The summed E-state index contributed by atoms with van der Waals surface area (Å²) in [6, 6.07) is 14.8. The standard InChI is InChI=1S/C18H22N2O4S.C16H20N2O2S.C4H8O.C2H3ClO2/c1-12(2)23-14-6-8-15(9-7-14)24-18-19-11-16(25-18)10-5-13(3)20-17(21)22-4;1-11(2)19-13-5-7-14(8-6-13)20-16-18-10-15(21-16)9-4-12(3)17;1-2-4-5-3-1;1-5-2(3)4/h5-13H,1-4H3,(H,20,21);4-12H,17H2,1-3H3;1-4H2;1H3/b10-5+;9-4+;;/t13-;12-;;/m00../s1. The van der Waals surface area contributed by atoms with E-state index in [1.807, 2.05) is 114 Å². The Kier molecular flexibility index (Phi) is 22.9. The Labute approximate surface area is 342 Å². The van der Waals surface area contributed by atoms with Crippen LogP contribution in [-0.2, 0) is 14.2 Å². The van der Waals surface area contributed by atoms with Crippen LogP contribution in [0.4, 0.5) is 9.59 Å². The molecule has 2 aromatic carbocycles.